The lowest BCUT2D eigenvalue weighted by molar-refractivity contribution is -0.134. The second-order valence-electron chi connectivity index (χ2n) is 7.32. The van der Waals surface area contributed by atoms with Crippen molar-refractivity contribution >= 4 is 5.91 Å². The van der Waals surface area contributed by atoms with Crippen molar-refractivity contribution in [1.82, 2.24) is 20.0 Å². The molecule has 0 unspecified atom stereocenters. The molecule has 2 aliphatic heterocycles. The lowest BCUT2D eigenvalue weighted by Crippen LogP contribution is -2.53. The molecule has 0 saturated carbocycles. The van der Waals surface area contributed by atoms with Crippen molar-refractivity contribution in [3.8, 4) is 11.5 Å². The number of nitrogens with one attached hydrogen (secondary N) is 1. The molecule has 0 radical (unpaired) electrons. The van der Waals surface area contributed by atoms with E-state index in [0.29, 0.717) is 6.54 Å². The van der Waals surface area contributed by atoms with Crippen LogP contribution in [0.5, 0.6) is 11.5 Å². The Bertz CT molecular complexity index is 638. The second kappa shape index (κ2) is 9.39. The van der Waals surface area contributed by atoms with Gasteiger partial charge in [-0.1, -0.05) is 0 Å². The number of amides is 1. The maximum atomic E-state index is 12.6. The zero-order chi connectivity index (χ0) is 19.2. The van der Waals surface area contributed by atoms with Gasteiger partial charge in [-0.2, -0.15) is 0 Å². The molecule has 150 valence electrons. The van der Waals surface area contributed by atoms with Crippen LogP contribution >= 0.6 is 0 Å². The number of hydrogen-bond acceptors (Lipinski definition) is 6. The summed E-state index contributed by atoms with van der Waals surface area (Å²) in [5.74, 6) is 1.80. The molecule has 1 aromatic carbocycles. The Morgan fingerprint density at radius 1 is 0.963 bits per heavy atom. The maximum Gasteiger partial charge on any atom is 0.236 e. The van der Waals surface area contributed by atoms with Crippen molar-refractivity contribution in [3.05, 3.63) is 23.3 Å². The number of nitrogens with zero attached hydrogens (tertiary/aromatic N) is 3. The topological polar surface area (TPSA) is 57.3 Å². The lowest BCUT2D eigenvalue weighted by atomic mass is 10.1. The van der Waals surface area contributed by atoms with Gasteiger partial charge in [0.05, 0.1) is 20.8 Å². The van der Waals surface area contributed by atoms with Gasteiger partial charge < -0.3 is 19.7 Å². The molecule has 0 spiro atoms. The second-order valence-corrected chi connectivity index (χ2v) is 7.32. The summed E-state index contributed by atoms with van der Waals surface area (Å²) < 4.78 is 10.8. The Labute approximate surface area is 162 Å². The fourth-order valence-corrected chi connectivity index (χ4v) is 3.75. The van der Waals surface area contributed by atoms with Crippen LogP contribution in [-0.2, 0) is 11.3 Å². The van der Waals surface area contributed by atoms with Crippen LogP contribution in [0.15, 0.2) is 12.1 Å². The number of benzene rings is 1. The fourth-order valence-electron chi connectivity index (χ4n) is 3.75. The minimum atomic E-state index is 0.263. The van der Waals surface area contributed by atoms with E-state index in [-0.39, 0.29) is 5.91 Å². The molecular weight excluding hydrogens is 344 g/mol. The third-order valence-corrected chi connectivity index (χ3v) is 5.53. The smallest absolute Gasteiger partial charge is 0.236 e. The van der Waals surface area contributed by atoms with Crippen molar-refractivity contribution in [2.45, 2.75) is 13.5 Å². The highest BCUT2D eigenvalue weighted by Crippen LogP contribution is 2.30. The van der Waals surface area contributed by atoms with Gasteiger partial charge in [0, 0.05) is 58.9 Å². The molecule has 1 amide bonds. The van der Waals surface area contributed by atoms with Crippen LogP contribution < -0.4 is 14.8 Å². The number of ether oxygens (including phenoxy) is 2. The highest BCUT2D eigenvalue weighted by molar-refractivity contribution is 5.78. The highest BCUT2D eigenvalue weighted by atomic mass is 16.5. The number of aryl methyl sites for hydroxylation is 1. The summed E-state index contributed by atoms with van der Waals surface area (Å²) >= 11 is 0. The van der Waals surface area contributed by atoms with Gasteiger partial charge in [-0.3, -0.25) is 14.6 Å². The molecule has 3 rings (SSSR count). The van der Waals surface area contributed by atoms with Gasteiger partial charge in [0.15, 0.2) is 11.5 Å². The quantitative estimate of drug-likeness (QED) is 0.783. The summed E-state index contributed by atoms with van der Waals surface area (Å²) in [7, 11) is 3.33. The van der Waals surface area contributed by atoms with Crippen LogP contribution in [0.25, 0.3) is 0 Å². The van der Waals surface area contributed by atoms with E-state index < -0.39 is 0 Å². The van der Waals surface area contributed by atoms with Crippen molar-refractivity contribution < 1.29 is 14.3 Å². The first-order chi connectivity index (χ1) is 13.1. The molecule has 2 fully saturated rings. The monoisotopic (exact) mass is 376 g/mol. The molecule has 0 bridgehead atoms. The van der Waals surface area contributed by atoms with Crippen molar-refractivity contribution in [1.29, 1.82) is 0 Å². The molecule has 2 saturated heterocycles. The summed E-state index contributed by atoms with van der Waals surface area (Å²) in [4.78, 5) is 19.2. The molecule has 0 aliphatic carbocycles. The van der Waals surface area contributed by atoms with Gasteiger partial charge in [-0.25, -0.2) is 0 Å². The van der Waals surface area contributed by atoms with Crippen molar-refractivity contribution in [2.75, 3.05) is 73.1 Å². The Morgan fingerprint density at radius 3 is 2.22 bits per heavy atom. The van der Waals surface area contributed by atoms with Crippen LogP contribution in [0.2, 0.25) is 0 Å². The fraction of sp³-hybridized carbons (Fsp3) is 0.650. The normalized spacial score (nSPS) is 19.1. The maximum absolute atomic E-state index is 12.6. The van der Waals surface area contributed by atoms with Crippen LogP contribution in [0, 0.1) is 6.92 Å². The molecular formula is C20H32N4O3. The summed E-state index contributed by atoms with van der Waals surface area (Å²) in [6, 6.07) is 4.09. The van der Waals surface area contributed by atoms with E-state index in [4.69, 9.17) is 9.47 Å². The zero-order valence-electron chi connectivity index (χ0n) is 16.8. The number of piperazine rings is 2. The Balaban J connectivity index is 1.51. The van der Waals surface area contributed by atoms with E-state index in [1.807, 2.05) is 11.0 Å². The molecule has 1 aromatic rings. The lowest BCUT2D eigenvalue weighted by Gasteiger charge is -2.36. The van der Waals surface area contributed by atoms with Gasteiger partial charge in [0.2, 0.25) is 5.91 Å². The van der Waals surface area contributed by atoms with Crippen LogP contribution in [-0.4, -0.2) is 93.7 Å². The predicted molar refractivity (Wildman–Crippen MR) is 105 cm³/mol. The van der Waals surface area contributed by atoms with Crippen molar-refractivity contribution in [3.63, 3.8) is 0 Å². The van der Waals surface area contributed by atoms with Gasteiger partial charge >= 0.3 is 0 Å². The summed E-state index contributed by atoms with van der Waals surface area (Å²) in [5, 5.41) is 3.33. The van der Waals surface area contributed by atoms with Crippen LogP contribution in [0.3, 0.4) is 0 Å². The molecule has 0 atom stereocenters. The van der Waals surface area contributed by atoms with Gasteiger partial charge in [-0.15, -0.1) is 0 Å². The number of hydrogen-bond donors (Lipinski definition) is 1. The van der Waals surface area contributed by atoms with E-state index >= 15 is 0 Å². The highest BCUT2D eigenvalue weighted by Gasteiger charge is 2.24. The Morgan fingerprint density at radius 2 is 1.59 bits per heavy atom. The number of methoxy groups -OCH3 is 2. The summed E-state index contributed by atoms with van der Waals surface area (Å²) in [6.07, 6.45) is 0. The van der Waals surface area contributed by atoms with E-state index in [2.05, 4.69) is 28.1 Å². The number of carbonyl (C=O) groups is 1. The first-order valence-electron chi connectivity index (χ1n) is 9.75. The number of carbonyl (C=O) groups excluding carboxylic acids is 1. The third-order valence-electron chi connectivity index (χ3n) is 5.53. The Kier molecular flexibility index (Phi) is 6.93. The summed E-state index contributed by atoms with van der Waals surface area (Å²) in [6.45, 7) is 10.8. The minimum absolute atomic E-state index is 0.263. The molecule has 2 aliphatic rings. The minimum Gasteiger partial charge on any atom is -0.493 e. The number of rotatable bonds is 6. The molecule has 27 heavy (non-hydrogen) atoms. The molecule has 7 heteroatoms. The molecule has 1 N–H and O–H groups in total. The zero-order valence-corrected chi connectivity index (χ0v) is 16.8. The molecule has 0 aromatic heterocycles. The van der Waals surface area contributed by atoms with E-state index in [0.717, 1.165) is 70.4 Å². The predicted octanol–water partition coefficient (Wildman–Crippen LogP) is 0.562. The summed E-state index contributed by atoms with van der Waals surface area (Å²) in [5.41, 5.74) is 2.44. The first-order valence-corrected chi connectivity index (χ1v) is 9.75. The van der Waals surface area contributed by atoms with E-state index in [1.165, 1.54) is 11.1 Å². The average molecular weight is 377 g/mol. The standard InChI is InChI=1S/C20H32N4O3/c1-16-12-18(26-2)19(27-3)13-17(16)14-23-8-10-24(11-9-23)20(25)15-22-6-4-21-5-7-22/h12-13,21H,4-11,14-15H2,1-3H3. The van der Waals surface area contributed by atoms with Gasteiger partial charge in [0.1, 0.15) is 0 Å². The molecule has 7 nitrogen and oxygen atoms in total. The van der Waals surface area contributed by atoms with E-state index in [9.17, 15) is 4.79 Å². The molecule has 2 heterocycles. The first kappa shape index (κ1) is 19.9. The largest absolute Gasteiger partial charge is 0.493 e. The van der Waals surface area contributed by atoms with Gasteiger partial charge in [0.25, 0.3) is 0 Å². The Hall–Kier alpha value is -1.83. The average Bonchev–Trinajstić information content (AvgIpc) is 2.70. The van der Waals surface area contributed by atoms with Gasteiger partial charge in [-0.05, 0) is 30.2 Å². The van der Waals surface area contributed by atoms with Crippen LogP contribution in [0.4, 0.5) is 0 Å². The van der Waals surface area contributed by atoms with E-state index in [1.54, 1.807) is 14.2 Å². The SMILES string of the molecule is COc1cc(C)c(CN2CCN(C(=O)CN3CCNCC3)CC2)cc1OC. The van der Waals surface area contributed by atoms with Crippen molar-refractivity contribution in [2.24, 2.45) is 0 Å². The third kappa shape index (κ3) is 5.12. The van der Waals surface area contributed by atoms with Crippen LogP contribution in [0.1, 0.15) is 11.1 Å².